The van der Waals surface area contributed by atoms with Gasteiger partial charge in [0.05, 0.1) is 16.1 Å². The Kier molecular flexibility index (Phi) is 4.21. The summed E-state index contributed by atoms with van der Waals surface area (Å²) in [7, 11) is -3.79. The van der Waals surface area contributed by atoms with Crippen molar-refractivity contribution in [1.29, 1.82) is 5.26 Å². The minimum absolute atomic E-state index is 0.126. The zero-order valence-electron chi connectivity index (χ0n) is 11.1. The van der Waals surface area contributed by atoms with Gasteiger partial charge in [-0.3, -0.25) is 4.72 Å². The predicted molar refractivity (Wildman–Crippen MR) is 85.3 cm³/mol. The first-order valence-electron chi connectivity index (χ1n) is 5.92. The predicted octanol–water partition coefficient (Wildman–Crippen LogP) is 3.01. The van der Waals surface area contributed by atoms with E-state index in [4.69, 9.17) is 11.0 Å². The second kappa shape index (κ2) is 5.76. The fourth-order valence-corrected chi connectivity index (χ4v) is 3.53. The van der Waals surface area contributed by atoms with Gasteiger partial charge in [0, 0.05) is 10.2 Å². The van der Waals surface area contributed by atoms with Crippen molar-refractivity contribution >= 4 is 37.3 Å². The number of halogens is 1. The van der Waals surface area contributed by atoms with Crippen LogP contribution in [0.3, 0.4) is 0 Å². The summed E-state index contributed by atoms with van der Waals surface area (Å²) in [5.74, 6) is 0. The Morgan fingerprint density at radius 1 is 1.24 bits per heavy atom. The first-order chi connectivity index (χ1) is 9.83. The molecule has 3 N–H and O–H groups in total. The van der Waals surface area contributed by atoms with E-state index in [-0.39, 0.29) is 16.1 Å². The first-order valence-corrected chi connectivity index (χ1v) is 8.20. The fourth-order valence-electron chi connectivity index (χ4n) is 1.87. The zero-order chi connectivity index (χ0) is 15.6. The summed E-state index contributed by atoms with van der Waals surface area (Å²) in [4.78, 5) is 0.126. The lowest BCUT2D eigenvalue weighted by molar-refractivity contribution is 0.600. The first kappa shape index (κ1) is 15.4. The van der Waals surface area contributed by atoms with Crippen LogP contribution in [0, 0.1) is 18.3 Å². The van der Waals surface area contributed by atoms with Crippen molar-refractivity contribution in [3.8, 4) is 6.07 Å². The largest absolute Gasteiger partial charge is 0.399 e. The lowest BCUT2D eigenvalue weighted by Crippen LogP contribution is -2.15. The molecule has 0 aliphatic rings. The topological polar surface area (TPSA) is 96.0 Å². The number of nitriles is 1. The number of nitrogens with one attached hydrogen (secondary N) is 1. The molecule has 0 atom stereocenters. The van der Waals surface area contributed by atoms with Crippen LogP contribution in [0.2, 0.25) is 0 Å². The molecule has 0 saturated carbocycles. The molecule has 0 fully saturated rings. The van der Waals surface area contributed by atoms with E-state index in [9.17, 15) is 8.42 Å². The van der Waals surface area contributed by atoms with E-state index in [0.29, 0.717) is 15.7 Å². The second-order valence-electron chi connectivity index (χ2n) is 4.43. The van der Waals surface area contributed by atoms with E-state index in [1.165, 1.54) is 18.2 Å². The normalized spacial score (nSPS) is 10.9. The van der Waals surface area contributed by atoms with Crippen molar-refractivity contribution in [1.82, 2.24) is 0 Å². The summed E-state index contributed by atoms with van der Waals surface area (Å²) in [6, 6.07) is 11.3. The molecule has 2 aromatic carbocycles. The number of benzene rings is 2. The average molecular weight is 366 g/mol. The van der Waals surface area contributed by atoms with Gasteiger partial charge in [0.1, 0.15) is 6.07 Å². The van der Waals surface area contributed by atoms with Gasteiger partial charge in [-0.1, -0.05) is 15.9 Å². The van der Waals surface area contributed by atoms with Crippen LogP contribution >= 0.6 is 15.9 Å². The summed E-state index contributed by atoms with van der Waals surface area (Å²) >= 11 is 3.25. The summed E-state index contributed by atoms with van der Waals surface area (Å²) in [5, 5.41) is 9.05. The molecule has 7 heteroatoms. The van der Waals surface area contributed by atoms with Gasteiger partial charge in [0.15, 0.2) is 0 Å². The highest BCUT2D eigenvalue weighted by Gasteiger charge is 2.18. The highest BCUT2D eigenvalue weighted by atomic mass is 79.9. The van der Waals surface area contributed by atoms with Crippen molar-refractivity contribution in [3.63, 3.8) is 0 Å². The van der Waals surface area contributed by atoms with Crippen molar-refractivity contribution in [2.45, 2.75) is 11.8 Å². The molecule has 0 bridgehead atoms. The van der Waals surface area contributed by atoms with Crippen LogP contribution < -0.4 is 10.5 Å². The molecule has 2 aromatic rings. The van der Waals surface area contributed by atoms with Gasteiger partial charge >= 0.3 is 0 Å². The van der Waals surface area contributed by atoms with E-state index in [2.05, 4.69) is 20.7 Å². The van der Waals surface area contributed by atoms with Crippen molar-refractivity contribution < 1.29 is 8.42 Å². The van der Waals surface area contributed by atoms with E-state index in [1.807, 2.05) is 6.07 Å². The highest BCUT2D eigenvalue weighted by molar-refractivity contribution is 9.10. The molecule has 0 saturated heterocycles. The minimum Gasteiger partial charge on any atom is -0.399 e. The Morgan fingerprint density at radius 3 is 2.57 bits per heavy atom. The SMILES string of the molecule is Cc1cc(N)ccc1S(=O)(=O)Nc1cc(Br)ccc1C#N. The van der Waals surface area contributed by atoms with Gasteiger partial charge in [-0.15, -0.1) is 0 Å². The number of sulfonamides is 1. The van der Waals surface area contributed by atoms with Crippen molar-refractivity contribution in [2.75, 3.05) is 10.5 Å². The molecule has 0 radical (unpaired) electrons. The molecule has 21 heavy (non-hydrogen) atoms. The molecule has 0 heterocycles. The van der Waals surface area contributed by atoms with Gasteiger partial charge < -0.3 is 5.73 Å². The van der Waals surface area contributed by atoms with Gasteiger partial charge in [0.2, 0.25) is 0 Å². The van der Waals surface area contributed by atoms with Crippen LogP contribution in [0.1, 0.15) is 11.1 Å². The van der Waals surface area contributed by atoms with Crippen molar-refractivity contribution in [2.24, 2.45) is 0 Å². The van der Waals surface area contributed by atoms with E-state index in [1.54, 1.807) is 25.1 Å². The summed E-state index contributed by atoms with van der Waals surface area (Å²) < 4.78 is 28.0. The third-order valence-electron chi connectivity index (χ3n) is 2.83. The van der Waals surface area contributed by atoms with Crippen LogP contribution in [0.5, 0.6) is 0 Å². The lowest BCUT2D eigenvalue weighted by Gasteiger charge is -2.12. The monoisotopic (exact) mass is 365 g/mol. The average Bonchev–Trinajstić information content (AvgIpc) is 2.37. The third kappa shape index (κ3) is 3.35. The zero-order valence-corrected chi connectivity index (χ0v) is 13.5. The maximum Gasteiger partial charge on any atom is 0.262 e. The van der Waals surface area contributed by atoms with Crippen molar-refractivity contribution in [3.05, 3.63) is 52.0 Å². The Hall–Kier alpha value is -2.04. The van der Waals surface area contributed by atoms with E-state index >= 15 is 0 Å². The Balaban J connectivity index is 2.47. The number of hydrogen-bond donors (Lipinski definition) is 2. The minimum atomic E-state index is -3.79. The van der Waals surface area contributed by atoms with Crippen LogP contribution in [-0.4, -0.2) is 8.42 Å². The molecule has 0 amide bonds. The number of nitrogen functional groups attached to an aromatic ring is 1. The second-order valence-corrected chi connectivity index (χ2v) is 7.00. The van der Waals surface area contributed by atoms with Gasteiger partial charge in [-0.05, 0) is 48.9 Å². The Bertz CT molecular complexity index is 842. The number of rotatable bonds is 3. The lowest BCUT2D eigenvalue weighted by atomic mass is 10.2. The molecule has 5 nitrogen and oxygen atoms in total. The number of anilines is 2. The molecule has 0 aromatic heterocycles. The fraction of sp³-hybridized carbons (Fsp3) is 0.0714. The van der Waals surface area contributed by atoms with Crippen LogP contribution in [-0.2, 0) is 10.0 Å². The molecule has 2 rings (SSSR count). The third-order valence-corrected chi connectivity index (χ3v) is 4.85. The summed E-state index contributed by atoms with van der Waals surface area (Å²) in [6.45, 7) is 1.66. The quantitative estimate of drug-likeness (QED) is 0.817. The standard InChI is InChI=1S/C14H12BrN3O2S/c1-9-6-12(17)4-5-14(9)21(19,20)18-13-7-11(15)3-2-10(13)8-16/h2-7,18H,17H2,1H3. The number of hydrogen-bond acceptors (Lipinski definition) is 4. The number of nitrogens with two attached hydrogens (primary N) is 1. The highest BCUT2D eigenvalue weighted by Crippen LogP contribution is 2.25. The Labute approximate surface area is 131 Å². The molecule has 108 valence electrons. The van der Waals surface area contributed by atoms with Gasteiger partial charge in [0.25, 0.3) is 10.0 Å². The summed E-state index contributed by atoms with van der Waals surface area (Å²) in [5.41, 5.74) is 7.12. The van der Waals surface area contributed by atoms with Crippen LogP contribution in [0.25, 0.3) is 0 Å². The maximum absolute atomic E-state index is 12.4. The van der Waals surface area contributed by atoms with E-state index < -0.39 is 10.0 Å². The van der Waals surface area contributed by atoms with Crippen LogP contribution in [0.4, 0.5) is 11.4 Å². The summed E-state index contributed by atoms with van der Waals surface area (Å²) in [6.07, 6.45) is 0. The van der Waals surface area contributed by atoms with Crippen LogP contribution in [0.15, 0.2) is 45.8 Å². The molecule has 0 aliphatic heterocycles. The Morgan fingerprint density at radius 2 is 1.95 bits per heavy atom. The van der Waals surface area contributed by atoms with E-state index in [0.717, 1.165) is 0 Å². The van der Waals surface area contributed by atoms with Gasteiger partial charge in [-0.25, -0.2) is 8.42 Å². The molecule has 0 aliphatic carbocycles. The molecular weight excluding hydrogens is 354 g/mol. The van der Waals surface area contributed by atoms with Gasteiger partial charge in [-0.2, -0.15) is 5.26 Å². The molecule has 0 unspecified atom stereocenters. The smallest absolute Gasteiger partial charge is 0.262 e. The molecule has 0 spiro atoms. The maximum atomic E-state index is 12.4. The number of nitrogens with zero attached hydrogens (tertiary/aromatic N) is 1. The molecular formula is C14H12BrN3O2S. The number of aryl methyl sites for hydroxylation is 1.